The number of rotatable bonds is 11. The van der Waals surface area contributed by atoms with Gasteiger partial charge >= 0.3 is 12.4 Å². The minimum Gasteiger partial charge on any atom is -0.496 e. The van der Waals surface area contributed by atoms with Gasteiger partial charge in [0.25, 0.3) is 0 Å². The van der Waals surface area contributed by atoms with E-state index in [0.29, 0.717) is 5.52 Å². The van der Waals surface area contributed by atoms with Crippen LogP contribution in [0, 0.1) is 17.5 Å². The van der Waals surface area contributed by atoms with Crippen LogP contribution in [0.15, 0.2) is 85.1 Å². The predicted molar refractivity (Wildman–Crippen MR) is 192 cm³/mol. The lowest BCUT2D eigenvalue weighted by molar-refractivity contribution is -0.266. The molecule has 0 spiro atoms. The van der Waals surface area contributed by atoms with Gasteiger partial charge in [-0.05, 0) is 94.8 Å². The Morgan fingerprint density at radius 2 is 1.33 bits per heavy atom. The number of aliphatic hydroxyl groups is 2. The molecule has 0 fully saturated rings. The number of para-hydroxylation sites is 1. The molecule has 0 saturated carbocycles. The first-order valence-corrected chi connectivity index (χ1v) is 17.2. The van der Waals surface area contributed by atoms with E-state index in [1.807, 2.05) is 0 Å². The molecule has 5 rings (SSSR count). The molecule has 2 unspecified atom stereocenters. The third-order valence-corrected chi connectivity index (χ3v) is 9.68. The van der Waals surface area contributed by atoms with Crippen molar-refractivity contribution in [3.05, 3.63) is 130 Å². The van der Waals surface area contributed by atoms with Crippen LogP contribution in [0.3, 0.4) is 0 Å². The van der Waals surface area contributed by atoms with Gasteiger partial charge in [0.2, 0.25) is 0 Å². The largest absolute Gasteiger partial charge is 0.496 e. The van der Waals surface area contributed by atoms with E-state index >= 15 is 0 Å². The number of pyridine rings is 1. The third-order valence-electron chi connectivity index (χ3n) is 9.47. The van der Waals surface area contributed by atoms with Crippen molar-refractivity contribution in [2.24, 2.45) is 0 Å². The van der Waals surface area contributed by atoms with Gasteiger partial charge in [-0.15, -0.1) is 0 Å². The summed E-state index contributed by atoms with van der Waals surface area (Å²) >= 11 is 5.74. The van der Waals surface area contributed by atoms with Crippen LogP contribution in [0.5, 0.6) is 5.75 Å². The Kier molecular flexibility index (Phi) is 12.7. The number of aromatic nitrogens is 2. The molecule has 5 nitrogen and oxygen atoms in total. The lowest BCUT2D eigenvalue weighted by Gasteiger charge is -2.38. The summed E-state index contributed by atoms with van der Waals surface area (Å²) in [7, 11) is 1.35. The average Bonchev–Trinajstić information content (AvgIpc) is 3.46. The Balaban J connectivity index is 0.000000245. The summed E-state index contributed by atoms with van der Waals surface area (Å²) in [5, 5.41) is 22.0. The monoisotopic (exact) mass is 802 g/mol. The van der Waals surface area contributed by atoms with Crippen LogP contribution in [0.2, 0.25) is 5.15 Å². The Morgan fingerprint density at radius 3 is 1.91 bits per heavy atom. The fourth-order valence-electron chi connectivity index (χ4n) is 6.75. The van der Waals surface area contributed by atoms with E-state index in [0.717, 1.165) is 29.7 Å². The van der Waals surface area contributed by atoms with Gasteiger partial charge in [-0.25, -0.2) is 18.2 Å². The average molecular weight is 803 g/mol. The van der Waals surface area contributed by atoms with Crippen molar-refractivity contribution >= 4 is 22.5 Å². The zero-order chi connectivity index (χ0) is 41.2. The van der Waals surface area contributed by atoms with Gasteiger partial charge in [-0.2, -0.15) is 26.3 Å². The van der Waals surface area contributed by atoms with Gasteiger partial charge in [-0.3, -0.25) is 0 Å². The first-order valence-electron chi connectivity index (χ1n) is 16.8. The lowest BCUT2D eigenvalue weighted by Crippen LogP contribution is -2.50. The van der Waals surface area contributed by atoms with Crippen LogP contribution in [-0.2, 0) is 23.7 Å². The second-order valence-corrected chi connectivity index (χ2v) is 15.3. The molecule has 2 aromatic heterocycles. The highest BCUT2D eigenvalue weighted by molar-refractivity contribution is 6.29. The molecule has 0 aliphatic carbocycles. The summed E-state index contributed by atoms with van der Waals surface area (Å²) in [4.78, 5) is 6.63. The number of H-pyrrole nitrogens is 1. The quantitative estimate of drug-likeness (QED) is 0.0918. The van der Waals surface area contributed by atoms with E-state index in [1.54, 1.807) is 30.3 Å². The summed E-state index contributed by atoms with van der Waals surface area (Å²) in [5.74, 6) is -2.58. The SMILES string of the molecule is CC(C)(CC(O)(Cc1cc2ccccc2[nH]1)C(F)(F)F)c1ccc(F)c(F)c1.COc1ccc(F)cc1C(C)(C)CC(O)(Cc1ccnc(Cl)c1)C(F)(F)F. The number of nitrogens with zero attached hydrogens (tertiary/aromatic N) is 1. The number of hydrogen-bond donors (Lipinski definition) is 3. The first-order chi connectivity index (χ1) is 25.3. The van der Waals surface area contributed by atoms with Crippen molar-refractivity contribution in [3.63, 3.8) is 0 Å². The standard InChI is InChI=1S/C21H20F5NO.C19H20ClF4NO2/c1-19(2,14-7-8-16(22)17(23)10-14)12-20(28,21(24,25)26)11-15-9-13-5-3-4-6-18(13)27-15;1-17(2,14-9-13(21)4-5-15(14)27-3)11-18(26,19(22,23)24)10-12-6-7-25-16(20)8-12/h3-10,27-28H,11-12H2,1-2H3;4-9,26H,10-11H2,1-3H3. The van der Waals surface area contributed by atoms with Crippen LogP contribution in [0.4, 0.5) is 39.5 Å². The second-order valence-electron chi connectivity index (χ2n) is 14.9. The number of benzene rings is 3. The zero-order valence-corrected chi connectivity index (χ0v) is 31.2. The number of nitrogens with one attached hydrogen (secondary N) is 1. The topological polar surface area (TPSA) is 78.4 Å². The molecular formula is C40H40ClF9N2O3. The molecule has 5 aromatic rings. The minimum atomic E-state index is -4.92. The van der Waals surface area contributed by atoms with Gasteiger partial charge in [0.05, 0.1) is 7.11 Å². The number of methoxy groups -OCH3 is 1. The number of ether oxygens (including phenoxy) is 1. The van der Waals surface area contributed by atoms with Crippen LogP contribution in [-0.4, -0.2) is 50.8 Å². The number of halogens is 10. The number of alkyl halides is 6. The van der Waals surface area contributed by atoms with Gasteiger partial charge in [-0.1, -0.05) is 63.6 Å². The summed E-state index contributed by atoms with van der Waals surface area (Å²) in [6.45, 7) is 5.92. The highest BCUT2D eigenvalue weighted by atomic mass is 35.5. The van der Waals surface area contributed by atoms with Crippen LogP contribution < -0.4 is 4.74 Å². The van der Waals surface area contributed by atoms with Gasteiger partial charge in [0, 0.05) is 35.8 Å². The maximum absolute atomic E-state index is 13.8. The Hall–Kier alpha value is -4.27. The molecule has 2 atom stereocenters. The van der Waals surface area contributed by atoms with E-state index in [9.17, 15) is 49.7 Å². The summed E-state index contributed by atoms with van der Waals surface area (Å²) in [6.07, 6.45) is -11.4. The smallest absolute Gasteiger partial charge is 0.417 e. The second kappa shape index (κ2) is 16.1. The van der Waals surface area contributed by atoms with E-state index in [4.69, 9.17) is 16.3 Å². The van der Waals surface area contributed by atoms with E-state index < -0.39 is 77.5 Å². The lowest BCUT2D eigenvalue weighted by atomic mass is 9.72. The molecule has 0 bridgehead atoms. The van der Waals surface area contributed by atoms with Gasteiger partial charge in [0.1, 0.15) is 16.7 Å². The molecule has 0 aliphatic rings. The van der Waals surface area contributed by atoms with Gasteiger partial charge in [0.15, 0.2) is 22.8 Å². The van der Waals surface area contributed by atoms with Crippen molar-refractivity contribution in [1.82, 2.24) is 9.97 Å². The van der Waals surface area contributed by atoms with Crippen LogP contribution in [0.25, 0.3) is 10.9 Å². The molecule has 3 aromatic carbocycles. The fourth-order valence-corrected chi connectivity index (χ4v) is 6.94. The highest BCUT2D eigenvalue weighted by Crippen LogP contribution is 2.46. The Bertz CT molecular complexity index is 2070. The van der Waals surface area contributed by atoms with Gasteiger partial charge < -0.3 is 19.9 Å². The van der Waals surface area contributed by atoms with E-state index in [2.05, 4.69) is 9.97 Å². The van der Waals surface area contributed by atoms with Crippen molar-refractivity contribution < 1.29 is 54.5 Å². The van der Waals surface area contributed by atoms with Crippen molar-refractivity contribution in [1.29, 1.82) is 0 Å². The van der Waals surface area contributed by atoms with E-state index in [-0.39, 0.29) is 33.3 Å². The van der Waals surface area contributed by atoms with Crippen molar-refractivity contribution in [2.45, 2.75) is 87.8 Å². The zero-order valence-electron chi connectivity index (χ0n) is 30.4. The molecular weight excluding hydrogens is 763 g/mol. The minimum absolute atomic E-state index is 0.0306. The molecule has 0 amide bonds. The Labute approximate surface area is 317 Å². The molecule has 0 radical (unpaired) electrons. The highest BCUT2D eigenvalue weighted by Gasteiger charge is 2.57. The summed E-state index contributed by atoms with van der Waals surface area (Å²) in [5.41, 5.74) is -7.10. The third kappa shape index (κ3) is 10.3. The normalized spacial score (nSPS) is 14.9. The summed E-state index contributed by atoms with van der Waals surface area (Å²) in [6, 6.07) is 17.8. The summed E-state index contributed by atoms with van der Waals surface area (Å²) < 4.78 is 129. The fraction of sp³-hybridized carbons (Fsp3) is 0.375. The predicted octanol–water partition coefficient (Wildman–Crippen LogP) is 10.7. The van der Waals surface area contributed by atoms with Crippen molar-refractivity contribution in [2.75, 3.05) is 7.11 Å². The molecule has 298 valence electrons. The van der Waals surface area contributed by atoms with Crippen LogP contribution in [0.1, 0.15) is 62.9 Å². The number of aromatic amines is 1. The molecule has 55 heavy (non-hydrogen) atoms. The molecule has 3 N–H and O–H groups in total. The molecule has 0 aliphatic heterocycles. The maximum Gasteiger partial charge on any atom is 0.417 e. The van der Waals surface area contributed by atoms with Crippen LogP contribution >= 0.6 is 11.6 Å². The molecule has 0 saturated heterocycles. The molecule has 2 heterocycles. The van der Waals surface area contributed by atoms with Crippen molar-refractivity contribution in [3.8, 4) is 5.75 Å². The first kappa shape index (κ1) is 43.5. The number of hydrogen-bond acceptors (Lipinski definition) is 4. The van der Waals surface area contributed by atoms with E-state index in [1.165, 1.54) is 65.3 Å². The number of fused-ring (bicyclic) bond motifs is 1. The molecule has 15 heteroatoms. The maximum atomic E-state index is 13.8. The Morgan fingerprint density at radius 1 is 0.709 bits per heavy atom.